The molecule has 14 nitrogen and oxygen atoms in total. The highest BCUT2D eigenvalue weighted by Gasteiger charge is 2.25. The Morgan fingerprint density at radius 3 is 0.803 bits per heavy atom. The van der Waals surface area contributed by atoms with Crippen molar-refractivity contribution in [2.24, 2.45) is 0 Å². The van der Waals surface area contributed by atoms with Crippen LogP contribution in [0.15, 0.2) is 534 Å². The van der Waals surface area contributed by atoms with Gasteiger partial charge in [0.25, 0.3) is 0 Å². The van der Waals surface area contributed by atoms with Crippen LogP contribution in [0.5, 0.6) is 0 Å². The molecule has 0 bridgehead atoms. The Kier molecular flexibility index (Phi) is 23.1. The van der Waals surface area contributed by atoms with Gasteiger partial charge < -0.3 is 14.7 Å². The third-order valence-electron chi connectivity index (χ3n) is 26.0. The van der Waals surface area contributed by atoms with Crippen LogP contribution in [-0.2, 0) is 0 Å². The summed E-state index contributed by atoms with van der Waals surface area (Å²) in [5, 5.41) is 8.00. The average molecular weight is 1820 g/mol. The van der Waals surface area contributed by atoms with E-state index in [9.17, 15) is 0 Å². The molecule has 14 heteroatoms. The first-order valence-corrected chi connectivity index (χ1v) is 47.5. The van der Waals surface area contributed by atoms with Crippen LogP contribution >= 0.6 is 0 Å². The summed E-state index contributed by atoms with van der Waals surface area (Å²) in [6.07, 6.45) is 5.38. The topological polar surface area (TPSA) is 128 Å². The summed E-state index contributed by atoms with van der Waals surface area (Å²) in [5.74, 6) is 3.12. The Bertz CT molecular complexity index is 8840. The fourth-order valence-corrected chi connectivity index (χ4v) is 19.3. The van der Waals surface area contributed by atoms with E-state index >= 15 is 0 Å². The van der Waals surface area contributed by atoms with Crippen molar-refractivity contribution in [2.45, 2.75) is 0 Å². The lowest BCUT2D eigenvalue weighted by molar-refractivity contribution is 0.953. The van der Waals surface area contributed by atoms with Gasteiger partial charge in [0.1, 0.15) is 0 Å². The van der Waals surface area contributed by atoms with E-state index in [1.54, 1.807) is 12.4 Å². The van der Waals surface area contributed by atoms with E-state index < -0.39 is 0 Å². The molecule has 7 heterocycles. The van der Waals surface area contributed by atoms with Crippen molar-refractivity contribution in [3.8, 4) is 96.5 Å². The summed E-state index contributed by atoms with van der Waals surface area (Å²) in [5.41, 5.74) is 30.1. The zero-order valence-electron chi connectivity index (χ0n) is 77.1. The normalized spacial score (nSPS) is 11.2. The summed E-state index contributed by atoms with van der Waals surface area (Å²) in [6, 6.07) is 180. The average Bonchev–Trinajstić information content (AvgIpc) is 1.59. The molecule has 7 aromatic heterocycles. The van der Waals surface area contributed by atoms with Crippen molar-refractivity contribution in [3.63, 3.8) is 0 Å². The second-order valence-electron chi connectivity index (χ2n) is 34.7. The van der Waals surface area contributed by atoms with Gasteiger partial charge in [-0.15, -0.1) is 0 Å². The monoisotopic (exact) mass is 1820 g/mol. The Morgan fingerprint density at radius 2 is 0.430 bits per heavy atom. The molecule has 0 radical (unpaired) electrons. The van der Waals surface area contributed by atoms with Gasteiger partial charge in [0.2, 0.25) is 17.8 Å². The summed E-state index contributed by atoms with van der Waals surface area (Å²) in [6.45, 7) is 0. The van der Waals surface area contributed by atoms with E-state index in [0.717, 1.165) is 162 Å². The lowest BCUT2D eigenvalue weighted by Crippen LogP contribution is -2.09. The SMILES string of the molecule is c1ccc(-c2nc(-c3ccc(-c4ccccn4)cc3)nc(-n3c4ccccc4c4cc(-c5ccc(N(c6ccccc6)c6ccccc6)cc5)ccc43)n2)cc1.c1ccc(-c2nc(-n3c4ccccc4c4cc(-c5ccc(N(c6ccccc6)c6ccccc6)cc5)ccc43)nc3ccccc23)cc1.c1ccc(N(c2ccccc2)c2ccc(-c3ccc4c(c3)c3ccccc3n4-c3ncccn3)cc2)cc1. The van der Waals surface area contributed by atoms with Crippen LogP contribution in [0.25, 0.3) is 173 Å². The number of hydrogen-bond acceptors (Lipinski definition) is 11. The number of pyridine rings is 1. The predicted molar refractivity (Wildman–Crippen MR) is 584 cm³/mol. The third-order valence-corrected chi connectivity index (χ3v) is 26.0. The predicted octanol–water partition coefficient (Wildman–Crippen LogP) is 32.7. The molecule has 0 saturated carbocycles. The van der Waals surface area contributed by atoms with Gasteiger partial charge in [0.05, 0.1) is 50.0 Å². The van der Waals surface area contributed by atoms with Crippen molar-refractivity contribution < 1.29 is 0 Å². The summed E-state index contributed by atoms with van der Waals surface area (Å²) in [4.78, 5) is 46.0. The molecule has 670 valence electrons. The lowest BCUT2D eigenvalue weighted by atomic mass is 10.0. The molecule has 142 heavy (non-hydrogen) atoms. The molecule has 0 amide bonds. The Balaban J connectivity index is 0.000000117. The minimum atomic E-state index is 0.563. The maximum atomic E-state index is 5.22. The first kappa shape index (κ1) is 85.5. The van der Waals surface area contributed by atoms with Crippen molar-refractivity contribution in [1.82, 2.24) is 53.6 Å². The standard InChI is InChI=1S/C50H34N6.C44H30N4.C34H24N4/c1-4-14-37(15-5-1)48-52-49(38-25-23-36(24-26-38)45-21-12-13-33-51-45)54-50(53-48)56-46-22-11-10-20-43(46)44-34-39(29-32-47(44)56)35-27-30-42(31-28-35)55(40-16-6-2-7-17-40)41-18-8-3-9-19-41;1-4-14-32(15-5-1)43-38-21-10-12-22-40(38)45-44(46-43)48-41-23-13-11-20-37(41)39-30-33(26-29-42(39)48)31-24-27-36(28-25-31)47(34-16-6-2-7-17-34)35-18-8-3-9-19-35;1-3-10-27(11-4-1)37(28-12-5-2-6-13-28)29-19-16-25(17-20-29)26-18-21-33-31(24-26)30-14-7-8-15-32(30)38(33)34-35-22-9-23-36-34/h1-34H;1-30H;1-24H. The van der Waals surface area contributed by atoms with Crippen LogP contribution in [0.1, 0.15) is 0 Å². The van der Waals surface area contributed by atoms with E-state index in [-0.39, 0.29) is 0 Å². The van der Waals surface area contributed by atoms with Crippen LogP contribution in [-0.4, -0.2) is 53.6 Å². The number of rotatable bonds is 19. The van der Waals surface area contributed by atoms with Crippen LogP contribution in [0, 0.1) is 0 Å². The van der Waals surface area contributed by atoms with Crippen LogP contribution in [0.3, 0.4) is 0 Å². The molecule has 19 aromatic carbocycles. The third kappa shape index (κ3) is 16.9. The molecular formula is C128H88N14. The molecule has 0 aliphatic heterocycles. The first-order valence-electron chi connectivity index (χ1n) is 47.5. The number of hydrogen-bond donors (Lipinski definition) is 0. The van der Waals surface area contributed by atoms with Gasteiger partial charge in [0.15, 0.2) is 11.6 Å². The molecule has 26 rings (SSSR count). The molecule has 0 aliphatic rings. The Labute approximate surface area is 821 Å². The highest BCUT2D eigenvalue weighted by molar-refractivity contribution is 6.13. The molecule has 0 atom stereocenters. The van der Waals surface area contributed by atoms with Gasteiger partial charge in [-0.05, 0) is 221 Å². The molecular weight excluding hydrogens is 1730 g/mol. The number of benzene rings is 19. The zero-order valence-corrected chi connectivity index (χ0v) is 77.1. The zero-order chi connectivity index (χ0) is 94.4. The van der Waals surface area contributed by atoms with E-state index in [2.05, 4.69) is 462 Å². The van der Waals surface area contributed by atoms with E-state index in [1.807, 2.05) is 103 Å². The summed E-state index contributed by atoms with van der Waals surface area (Å²) in [7, 11) is 0. The van der Waals surface area contributed by atoms with Gasteiger partial charge in [-0.25, -0.2) is 24.9 Å². The second-order valence-corrected chi connectivity index (χ2v) is 34.7. The maximum absolute atomic E-state index is 5.22. The quantitative estimate of drug-likeness (QED) is 0.0768. The molecule has 0 saturated heterocycles. The van der Waals surface area contributed by atoms with Crippen molar-refractivity contribution in [3.05, 3.63) is 534 Å². The molecule has 0 spiro atoms. The number of para-hydroxylation sites is 10. The van der Waals surface area contributed by atoms with Gasteiger partial charge in [0, 0.05) is 130 Å². The molecule has 26 aromatic rings. The second kappa shape index (κ2) is 38.4. The first-order chi connectivity index (χ1) is 70.4. The molecule has 0 N–H and O–H groups in total. The Hall–Kier alpha value is -19.4. The van der Waals surface area contributed by atoms with Crippen LogP contribution in [0.4, 0.5) is 51.2 Å². The van der Waals surface area contributed by atoms with Gasteiger partial charge in [-0.3, -0.25) is 18.7 Å². The van der Waals surface area contributed by atoms with E-state index in [0.29, 0.717) is 29.5 Å². The minimum Gasteiger partial charge on any atom is -0.311 e. The number of fused-ring (bicyclic) bond motifs is 10. The molecule has 0 unspecified atom stereocenters. The van der Waals surface area contributed by atoms with Gasteiger partial charge in [-0.2, -0.15) is 9.97 Å². The van der Waals surface area contributed by atoms with Gasteiger partial charge in [-0.1, -0.05) is 328 Å². The number of anilines is 9. The fourth-order valence-electron chi connectivity index (χ4n) is 19.3. The maximum Gasteiger partial charge on any atom is 0.238 e. The van der Waals surface area contributed by atoms with Crippen LogP contribution in [0.2, 0.25) is 0 Å². The number of aromatic nitrogens is 11. The van der Waals surface area contributed by atoms with Crippen molar-refractivity contribution >= 4 is 128 Å². The fraction of sp³-hybridized carbons (Fsp3) is 0. The minimum absolute atomic E-state index is 0.563. The van der Waals surface area contributed by atoms with E-state index in [1.165, 1.54) is 32.7 Å². The highest BCUT2D eigenvalue weighted by atomic mass is 15.2. The largest absolute Gasteiger partial charge is 0.311 e. The van der Waals surface area contributed by atoms with Crippen LogP contribution < -0.4 is 14.7 Å². The Morgan fingerprint density at radius 1 is 0.155 bits per heavy atom. The lowest BCUT2D eigenvalue weighted by Gasteiger charge is -2.25. The van der Waals surface area contributed by atoms with Crippen molar-refractivity contribution in [2.75, 3.05) is 14.7 Å². The van der Waals surface area contributed by atoms with E-state index in [4.69, 9.17) is 24.9 Å². The van der Waals surface area contributed by atoms with Crippen molar-refractivity contribution in [1.29, 1.82) is 0 Å². The van der Waals surface area contributed by atoms with Gasteiger partial charge >= 0.3 is 0 Å². The smallest absolute Gasteiger partial charge is 0.238 e. The summed E-state index contributed by atoms with van der Waals surface area (Å²) < 4.78 is 6.50. The summed E-state index contributed by atoms with van der Waals surface area (Å²) >= 11 is 0. The number of nitrogens with zero attached hydrogens (tertiary/aromatic N) is 14. The highest BCUT2D eigenvalue weighted by Crippen LogP contribution is 2.45. The molecule has 0 fully saturated rings. The molecule has 0 aliphatic carbocycles.